The molecule has 0 atom stereocenters. The zero-order valence-electron chi connectivity index (χ0n) is 10.1. The van der Waals surface area contributed by atoms with Crippen molar-refractivity contribution in [3.63, 3.8) is 0 Å². The molecule has 1 N–H and O–H groups in total. The first-order chi connectivity index (χ1) is 8.53. The highest BCUT2D eigenvalue weighted by Crippen LogP contribution is 2.34. The molecule has 3 heterocycles. The van der Waals surface area contributed by atoms with Gasteiger partial charge in [0.15, 0.2) is 0 Å². The first-order valence-electron chi connectivity index (χ1n) is 5.92. The molecule has 0 saturated carbocycles. The quantitative estimate of drug-likeness (QED) is 0.778. The van der Waals surface area contributed by atoms with Gasteiger partial charge in [0.2, 0.25) is 0 Å². The van der Waals surface area contributed by atoms with E-state index in [1.54, 1.807) is 12.1 Å². The smallest absolute Gasteiger partial charge is 0.409 e. The predicted molar refractivity (Wildman–Crippen MR) is 64.8 cm³/mol. The molecule has 0 aliphatic carbocycles. The topological polar surface area (TPSA) is 65.0 Å². The summed E-state index contributed by atoms with van der Waals surface area (Å²) in [6, 6.07) is 6.45. The molecular formula is C12H14BO5-. The fourth-order valence-corrected chi connectivity index (χ4v) is 2.35. The monoisotopic (exact) mass is 249 g/mol. The molecule has 3 aliphatic rings. The van der Waals surface area contributed by atoms with Gasteiger partial charge in [-0.1, -0.05) is 31.2 Å². The Morgan fingerprint density at radius 2 is 1.67 bits per heavy atom. The van der Waals surface area contributed by atoms with E-state index in [-0.39, 0.29) is 11.0 Å². The SMILES string of the molecule is CC12CO[B-](c3ccc(C(=O)O)cc3)(OC1)OC2. The summed E-state index contributed by atoms with van der Waals surface area (Å²) in [6.07, 6.45) is 0. The predicted octanol–water partition coefficient (Wildman–Crippen LogP) is 0.614. The van der Waals surface area contributed by atoms with Crippen molar-refractivity contribution in [2.75, 3.05) is 19.8 Å². The van der Waals surface area contributed by atoms with Gasteiger partial charge in [0.1, 0.15) is 0 Å². The van der Waals surface area contributed by atoms with Gasteiger partial charge < -0.3 is 19.1 Å². The second kappa shape index (κ2) is 3.81. The Morgan fingerprint density at radius 1 is 1.17 bits per heavy atom. The zero-order chi connectivity index (χ0) is 12.8. The van der Waals surface area contributed by atoms with Crippen molar-refractivity contribution in [1.29, 1.82) is 0 Å². The molecule has 4 rings (SSSR count). The van der Waals surface area contributed by atoms with Crippen LogP contribution in [-0.2, 0) is 14.0 Å². The molecule has 3 saturated heterocycles. The van der Waals surface area contributed by atoms with Crippen LogP contribution in [0.3, 0.4) is 0 Å². The van der Waals surface area contributed by atoms with Gasteiger partial charge in [-0.2, -0.15) is 0 Å². The molecule has 2 bridgehead atoms. The lowest BCUT2D eigenvalue weighted by atomic mass is 9.64. The molecule has 96 valence electrons. The number of carboxylic acids is 1. The Kier molecular flexibility index (Phi) is 2.48. The Morgan fingerprint density at radius 3 is 2.11 bits per heavy atom. The van der Waals surface area contributed by atoms with Crippen LogP contribution in [0.1, 0.15) is 17.3 Å². The Hall–Kier alpha value is -1.37. The number of rotatable bonds is 2. The van der Waals surface area contributed by atoms with E-state index in [4.69, 9.17) is 19.1 Å². The van der Waals surface area contributed by atoms with Gasteiger partial charge in [-0.05, 0) is 0 Å². The summed E-state index contributed by atoms with van der Waals surface area (Å²) in [5.74, 6) is -0.950. The Labute approximate surface area is 105 Å². The second-order valence-corrected chi connectivity index (χ2v) is 5.31. The molecule has 1 aromatic carbocycles. The number of fused-ring (bicyclic) bond motifs is 3. The minimum Gasteiger partial charge on any atom is -0.540 e. The van der Waals surface area contributed by atoms with Gasteiger partial charge in [0.05, 0.1) is 5.56 Å². The van der Waals surface area contributed by atoms with Crippen molar-refractivity contribution in [3.8, 4) is 0 Å². The van der Waals surface area contributed by atoms with Crippen molar-refractivity contribution < 1.29 is 23.9 Å². The van der Waals surface area contributed by atoms with Crippen LogP contribution in [0.2, 0.25) is 0 Å². The van der Waals surface area contributed by atoms with Crippen LogP contribution in [0.15, 0.2) is 24.3 Å². The molecule has 0 amide bonds. The molecular weight excluding hydrogens is 235 g/mol. The maximum absolute atomic E-state index is 10.8. The maximum atomic E-state index is 10.8. The van der Waals surface area contributed by atoms with Crippen LogP contribution in [0.4, 0.5) is 0 Å². The van der Waals surface area contributed by atoms with Gasteiger partial charge in [0.25, 0.3) is 0 Å². The minimum atomic E-state index is -1.88. The minimum absolute atomic E-state index is 0.0650. The molecule has 6 heteroatoms. The summed E-state index contributed by atoms with van der Waals surface area (Å²) in [4.78, 5) is 10.8. The lowest BCUT2D eigenvalue weighted by Gasteiger charge is -2.58. The number of benzene rings is 1. The van der Waals surface area contributed by atoms with Crippen LogP contribution < -0.4 is 5.46 Å². The van der Waals surface area contributed by atoms with Crippen LogP contribution in [0.25, 0.3) is 0 Å². The van der Waals surface area contributed by atoms with Crippen LogP contribution in [0, 0.1) is 5.41 Å². The van der Waals surface area contributed by atoms with E-state index >= 15 is 0 Å². The average Bonchev–Trinajstić information content (AvgIpc) is 2.40. The highest BCUT2D eigenvalue weighted by Gasteiger charge is 2.46. The standard InChI is InChI=1S/C12H14BO5/c1-12-6-16-13(17-7-12,18-8-12)10-4-2-9(3-5-10)11(14)15/h2-5H,6-8H2,1H3,(H,14,15)/q-1. The fourth-order valence-electron chi connectivity index (χ4n) is 2.35. The highest BCUT2D eigenvalue weighted by atomic mass is 16.8. The van der Waals surface area contributed by atoms with E-state index in [1.807, 2.05) is 0 Å². The van der Waals surface area contributed by atoms with E-state index in [1.165, 1.54) is 12.1 Å². The normalized spacial score (nSPS) is 34.5. The van der Waals surface area contributed by atoms with Crippen molar-refractivity contribution in [2.24, 2.45) is 5.41 Å². The van der Waals surface area contributed by atoms with E-state index in [0.29, 0.717) is 19.8 Å². The van der Waals surface area contributed by atoms with Gasteiger partial charge >= 0.3 is 12.7 Å². The number of carbonyl (C=O) groups is 1. The number of carboxylic acid groups (broad SMARTS) is 1. The molecule has 18 heavy (non-hydrogen) atoms. The fraction of sp³-hybridized carbons (Fsp3) is 0.417. The lowest BCUT2D eigenvalue weighted by Crippen LogP contribution is -2.68. The Bertz CT molecular complexity index is 459. The number of hydrogen-bond acceptors (Lipinski definition) is 4. The molecule has 0 radical (unpaired) electrons. The summed E-state index contributed by atoms with van der Waals surface area (Å²) in [7, 11) is 0. The van der Waals surface area contributed by atoms with Crippen LogP contribution >= 0.6 is 0 Å². The molecule has 1 aromatic rings. The highest BCUT2D eigenvalue weighted by molar-refractivity contribution is 6.75. The molecule has 5 nitrogen and oxygen atoms in total. The Balaban J connectivity index is 1.88. The van der Waals surface area contributed by atoms with Crippen molar-refractivity contribution in [3.05, 3.63) is 29.8 Å². The first-order valence-corrected chi connectivity index (χ1v) is 5.92. The third kappa shape index (κ3) is 1.73. The van der Waals surface area contributed by atoms with Crippen LogP contribution in [0.5, 0.6) is 0 Å². The largest absolute Gasteiger partial charge is 0.540 e. The van der Waals surface area contributed by atoms with Crippen LogP contribution in [-0.4, -0.2) is 37.7 Å². The first kappa shape index (κ1) is 11.7. The molecule has 3 aliphatic heterocycles. The van der Waals surface area contributed by atoms with Crippen molar-refractivity contribution in [2.45, 2.75) is 6.92 Å². The summed E-state index contributed by atoms with van der Waals surface area (Å²) in [6.45, 7) is 1.99. The number of hydrogen-bond donors (Lipinski definition) is 1. The van der Waals surface area contributed by atoms with Gasteiger partial charge in [-0.15, -0.1) is 5.46 Å². The summed E-state index contributed by atoms with van der Waals surface area (Å²) in [5, 5.41) is 8.86. The van der Waals surface area contributed by atoms with Gasteiger partial charge in [0, 0.05) is 25.2 Å². The van der Waals surface area contributed by atoms with Crippen molar-refractivity contribution in [1.82, 2.24) is 0 Å². The van der Waals surface area contributed by atoms with E-state index in [9.17, 15) is 4.79 Å². The maximum Gasteiger partial charge on any atom is 0.409 e. The third-order valence-electron chi connectivity index (χ3n) is 3.52. The summed E-state index contributed by atoms with van der Waals surface area (Å²) < 4.78 is 17.2. The third-order valence-corrected chi connectivity index (χ3v) is 3.52. The van der Waals surface area contributed by atoms with E-state index in [0.717, 1.165) is 5.46 Å². The van der Waals surface area contributed by atoms with E-state index in [2.05, 4.69) is 6.92 Å². The number of aromatic carboxylic acids is 1. The zero-order valence-corrected chi connectivity index (χ0v) is 10.1. The summed E-state index contributed by atoms with van der Waals surface area (Å²) >= 11 is 0. The average molecular weight is 249 g/mol. The molecule has 0 spiro atoms. The molecule has 0 aromatic heterocycles. The molecule has 3 fully saturated rings. The summed E-state index contributed by atoms with van der Waals surface area (Å²) in [5.41, 5.74) is 0.925. The van der Waals surface area contributed by atoms with Gasteiger partial charge in [-0.3, -0.25) is 0 Å². The second-order valence-electron chi connectivity index (χ2n) is 5.31. The van der Waals surface area contributed by atoms with E-state index < -0.39 is 12.7 Å². The van der Waals surface area contributed by atoms with Gasteiger partial charge in [-0.25, -0.2) is 4.79 Å². The van der Waals surface area contributed by atoms with Crippen molar-refractivity contribution >= 4 is 18.2 Å². The molecule has 0 unspecified atom stereocenters. The lowest BCUT2D eigenvalue weighted by molar-refractivity contribution is -0.119.